The van der Waals surface area contributed by atoms with E-state index in [0.717, 1.165) is 10.9 Å². The molecule has 1 fully saturated rings. The Morgan fingerprint density at radius 3 is 2.74 bits per heavy atom. The monoisotopic (exact) mass is 326 g/mol. The summed E-state index contributed by atoms with van der Waals surface area (Å²) < 4.78 is 0.737. The van der Waals surface area contributed by atoms with Crippen LogP contribution in [0.2, 0.25) is 0 Å². The van der Waals surface area contributed by atoms with Gasteiger partial charge in [0.05, 0.1) is 11.3 Å². The van der Waals surface area contributed by atoms with E-state index in [-0.39, 0.29) is 0 Å². The summed E-state index contributed by atoms with van der Waals surface area (Å²) in [6.07, 6.45) is 1.33. The molecule has 0 radical (unpaired) electrons. The minimum absolute atomic E-state index is 0.337. The largest absolute Gasteiger partial charge is 0.480 e. The highest BCUT2D eigenvalue weighted by atomic mass is 79.9. The van der Waals surface area contributed by atoms with Gasteiger partial charge in [0.2, 0.25) is 0 Å². The number of rotatable bonds is 3. The van der Waals surface area contributed by atoms with Crippen molar-refractivity contribution >= 4 is 33.5 Å². The molecule has 1 aromatic carbocycles. The number of aliphatic carboxylic acids is 1. The summed E-state index contributed by atoms with van der Waals surface area (Å²) in [7, 11) is 0. The van der Waals surface area contributed by atoms with Crippen LogP contribution in [0, 0.1) is 0 Å². The van der Waals surface area contributed by atoms with Crippen molar-refractivity contribution in [2.24, 2.45) is 5.73 Å². The van der Waals surface area contributed by atoms with Gasteiger partial charge in [-0.25, -0.2) is 4.79 Å². The number of amides is 1. The van der Waals surface area contributed by atoms with Crippen LogP contribution < -0.4 is 10.6 Å². The Morgan fingerprint density at radius 2 is 2.16 bits per heavy atom. The second kappa shape index (κ2) is 4.85. The van der Waals surface area contributed by atoms with E-state index in [4.69, 9.17) is 5.73 Å². The third kappa shape index (κ3) is 2.32. The van der Waals surface area contributed by atoms with Crippen LogP contribution in [0.5, 0.6) is 0 Å². The number of hydrogen-bond acceptors (Lipinski definition) is 3. The fraction of sp³-hybridized carbons (Fsp3) is 0.385. The lowest BCUT2D eigenvalue weighted by molar-refractivity contribution is -0.142. The summed E-state index contributed by atoms with van der Waals surface area (Å²) in [5.74, 6) is -1.45. The molecular formula is C13H15BrN2O3. The molecule has 0 saturated carbocycles. The van der Waals surface area contributed by atoms with Crippen LogP contribution in [-0.4, -0.2) is 29.1 Å². The molecule has 3 N–H and O–H groups in total. The van der Waals surface area contributed by atoms with Crippen molar-refractivity contribution in [2.45, 2.75) is 25.3 Å². The highest BCUT2D eigenvalue weighted by Crippen LogP contribution is 2.36. The molecule has 1 aliphatic rings. The fourth-order valence-electron chi connectivity index (χ4n) is 2.51. The first-order chi connectivity index (χ1) is 8.86. The Labute approximate surface area is 119 Å². The van der Waals surface area contributed by atoms with E-state index in [0.29, 0.717) is 24.2 Å². The Balaban J connectivity index is 2.53. The van der Waals surface area contributed by atoms with E-state index >= 15 is 0 Å². The molecular weight excluding hydrogens is 312 g/mol. The standard InChI is InChI=1S/C13H15BrN2O3/c1-13(12(18)19)5-2-6-16(13)10-4-3-8(14)7-9(10)11(15)17/h3-4,7H,2,5-6H2,1H3,(H2,15,17)(H,18,19). The van der Waals surface area contributed by atoms with Gasteiger partial charge >= 0.3 is 5.97 Å². The summed E-state index contributed by atoms with van der Waals surface area (Å²) in [6.45, 7) is 2.28. The molecule has 1 amide bonds. The van der Waals surface area contributed by atoms with Crippen molar-refractivity contribution in [1.82, 2.24) is 0 Å². The zero-order valence-electron chi connectivity index (χ0n) is 10.5. The number of nitrogens with two attached hydrogens (primary N) is 1. The van der Waals surface area contributed by atoms with Crippen LogP contribution in [0.4, 0.5) is 5.69 Å². The van der Waals surface area contributed by atoms with Crippen LogP contribution in [0.15, 0.2) is 22.7 Å². The molecule has 19 heavy (non-hydrogen) atoms. The summed E-state index contributed by atoms with van der Waals surface area (Å²) in [6, 6.07) is 5.14. The van der Waals surface area contributed by atoms with Gasteiger partial charge in [-0.2, -0.15) is 0 Å². The van der Waals surface area contributed by atoms with Gasteiger partial charge in [-0.05, 0) is 38.0 Å². The Morgan fingerprint density at radius 1 is 1.47 bits per heavy atom. The van der Waals surface area contributed by atoms with Crippen LogP contribution in [0.3, 0.4) is 0 Å². The molecule has 0 spiro atoms. The Hall–Kier alpha value is -1.56. The normalized spacial score (nSPS) is 22.5. The van der Waals surface area contributed by atoms with Gasteiger partial charge in [0.1, 0.15) is 5.54 Å². The summed E-state index contributed by atoms with van der Waals surface area (Å²) in [5.41, 5.74) is 5.31. The predicted octanol–water partition coefficient (Wildman–Crippen LogP) is 1.99. The van der Waals surface area contributed by atoms with Crippen LogP contribution in [0.1, 0.15) is 30.1 Å². The summed E-state index contributed by atoms with van der Waals surface area (Å²) in [4.78, 5) is 24.8. The van der Waals surface area contributed by atoms with Gasteiger partial charge < -0.3 is 15.7 Å². The average Bonchev–Trinajstić information content (AvgIpc) is 2.72. The molecule has 1 atom stereocenters. The first kappa shape index (κ1) is 13.9. The zero-order valence-corrected chi connectivity index (χ0v) is 12.1. The molecule has 1 saturated heterocycles. The van der Waals surface area contributed by atoms with Crippen molar-refractivity contribution in [3.63, 3.8) is 0 Å². The van der Waals surface area contributed by atoms with Crippen LogP contribution in [-0.2, 0) is 4.79 Å². The minimum Gasteiger partial charge on any atom is -0.480 e. The minimum atomic E-state index is -0.988. The van der Waals surface area contributed by atoms with E-state index in [1.54, 1.807) is 30.0 Å². The maximum atomic E-state index is 11.5. The van der Waals surface area contributed by atoms with Gasteiger partial charge in [0.25, 0.3) is 5.91 Å². The second-order valence-corrected chi connectivity index (χ2v) is 5.78. The van der Waals surface area contributed by atoms with E-state index in [9.17, 15) is 14.7 Å². The van der Waals surface area contributed by atoms with Gasteiger partial charge in [-0.15, -0.1) is 0 Å². The summed E-state index contributed by atoms with van der Waals surface area (Å²) in [5, 5.41) is 9.42. The molecule has 1 unspecified atom stereocenters. The van der Waals surface area contributed by atoms with Crippen LogP contribution in [0.25, 0.3) is 0 Å². The molecule has 1 heterocycles. The first-order valence-corrected chi connectivity index (χ1v) is 6.76. The number of halogens is 1. The zero-order chi connectivity index (χ0) is 14.2. The number of carbonyl (C=O) groups excluding carboxylic acids is 1. The third-order valence-corrected chi connectivity index (χ3v) is 4.11. The number of carboxylic acids is 1. The van der Waals surface area contributed by atoms with Crippen LogP contribution >= 0.6 is 15.9 Å². The molecule has 1 aromatic rings. The number of benzene rings is 1. The number of primary amides is 1. The maximum absolute atomic E-state index is 11.5. The first-order valence-electron chi connectivity index (χ1n) is 5.96. The van der Waals surface area contributed by atoms with Gasteiger partial charge in [-0.3, -0.25) is 4.79 Å². The van der Waals surface area contributed by atoms with Crippen molar-refractivity contribution in [3.05, 3.63) is 28.2 Å². The van der Waals surface area contributed by atoms with E-state index in [2.05, 4.69) is 15.9 Å². The SMILES string of the molecule is CC1(C(=O)O)CCCN1c1ccc(Br)cc1C(N)=O. The number of anilines is 1. The highest BCUT2D eigenvalue weighted by Gasteiger charge is 2.44. The van der Waals surface area contributed by atoms with Crippen molar-refractivity contribution in [2.75, 3.05) is 11.4 Å². The molecule has 6 heteroatoms. The smallest absolute Gasteiger partial charge is 0.329 e. The summed E-state index contributed by atoms with van der Waals surface area (Å²) >= 11 is 3.29. The topological polar surface area (TPSA) is 83.6 Å². The molecule has 1 aliphatic heterocycles. The van der Waals surface area contributed by atoms with Crippen molar-refractivity contribution < 1.29 is 14.7 Å². The lowest BCUT2D eigenvalue weighted by atomic mass is 9.98. The van der Waals surface area contributed by atoms with Crippen molar-refractivity contribution in [1.29, 1.82) is 0 Å². The molecule has 0 bridgehead atoms. The molecule has 0 aromatic heterocycles. The number of hydrogen-bond donors (Lipinski definition) is 2. The maximum Gasteiger partial charge on any atom is 0.329 e. The Kier molecular flexibility index (Phi) is 3.54. The van der Waals surface area contributed by atoms with E-state index in [1.165, 1.54) is 0 Å². The number of carboxylic acid groups (broad SMARTS) is 1. The molecule has 0 aliphatic carbocycles. The van der Waals surface area contributed by atoms with Crippen molar-refractivity contribution in [3.8, 4) is 0 Å². The van der Waals surface area contributed by atoms with E-state index < -0.39 is 17.4 Å². The van der Waals surface area contributed by atoms with Gasteiger partial charge in [0, 0.05) is 11.0 Å². The molecule has 102 valence electrons. The fourth-order valence-corrected chi connectivity index (χ4v) is 2.87. The van der Waals surface area contributed by atoms with E-state index in [1.807, 2.05) is 0 Å². The molecule has 5 nitrogen and oxygen atoms in total. The predicted molar refractivity (Wildman–Crippen MR) is 75.3 cm³/mol. The quantitative estimate of drug-likeness (QED) is 0.889. The molecule has 2 rings (SSSR count). The lowest BCUT2D eigenvalue weighted by Gasteiger charge is -2.34. The number of nitrogens with zero attached hydrogens (tertiary/aromatic N) is 1. The highest BCUT2D eigenvalue weighted by molar-refractivity contribution is 9.10. The van der Waals surface area contributed by atoms with Gasteiger partial charge in [0.15, 0.2) is 0 Å². The second-order valence-electron chi connectivity index (χ2n) is 4.86. The average molecular weight is 327 g/mol. The Bertz CT molecular complexity index is 547. The number of carbonyl (C=O) groups is 2. The van der Waals surface area contributed by atoms with Gasteiger partial charge in [-0.1, -0.05) is 15.9 Å². The lowest BCUT2D eigenvalue weighted by Crippen LogP contribution is -2.48. The third-order valence-electron chi connectivity index (χ3n) is 3.62.